The summed E-state index contributed by atoms with van der Waals surface area (Å²) in [6.45, 7) is 4.11. The molecule has 19 heavy (non-hydrogen) atoms. The average Bonchev–Trinajstić information content (AvgIpc) is 2.87. The van der Waals surface area contributed by atoms with E-state index in [4.69, 9.17) is 9.26 Å². The van der Waals surface area contributed by atoms with Crippen LogP contribution < -0.4 is 0 Å². The average molecular weight is 261 g/mol. The Morgan fingerprint density at radius 3 is 3.00 bits per heavy atom. The molecule has 100 valence electrons. The van der Waals surface area contributed by atoms with Crippen molar-refractivity contribution >= 4 is 5.97 Å². The van der Waals surface area contributed by atoms with Crippen LogP contribution in [0.5, 0.6) is 0 Å². The predicted octanol–water partition coefficient (Wildman–Crippen LogP) is 1.80. The van der Waals surface area contributed by atoms with E-state index >= 15 is 0 Å². The van der Waals surface area contributed by atoms with Crippen LogP contribution in [0, 0.1) is 0 Å². The van der Waals surface area contributed by atoms with Crippen molar-refractivity contribution in [3.63, 3.8) is 0 Å². The summed E-state index contributed by atoms with van der Waals surface area (Å²) >= 11 is 0. The van der Waals surface area contributed by atoms with Crippen LogP contribution >= 0.6 is 0 Å². The molecule has 2 rings (SSSR count). The van der Waals surface area contributed by atoms with Gasteiger partial charge in [0.1, 0.15) is 12.1 Å². The van der Waals surface area contributed by atoms with E-state index in [1.165, 1.54) is 0 Å². The molecule has 0 spiro atoms. The monoisotopic (exact) mass is 261 g/mol. The normalized spacial score (nSPS) is 10.4. The Kier molecular flexibility index (Phi) is 4.22. The van der Waals surface area contributed by atoms with Gasteiger partial charge in [0.05, 0.1) is 6.61 Å². The summed E-state index contributed by atoms with van der Waals surface area (Å²) in [6.07, 6.45) is 2.48. The fraction of sp³-hybridized carbons (Fsp3) is 0.385. The largest absolute Gasteiger partial charge is 0.466 e. The second-order valence-corrected chi connectivity index (χ2v) is 3.86. The quantitative estimate of drug-likeness (QED) is 0.764. The van der Waals surface area contributed by atoms with Crippen molar-refractivity contribution in [2.45, 2.75) is 26.7 Å². The van der Waals surface area contributed by atoms with E-state index in [-0.39, 0.29) is 18.3 Å². The van der Waals surface area contributed by atoms with Gasteiger partial charge in [-0.1, -0.05) is 18.1 Å². The van der Waals surface area contributed by atoms with Gasteiger partial charge in [-0.2, -0.15) is 4.98 Å². The Bertz CT molecular complexity index is 566. The minimum Gasteiger partial charge on any atom is -0.466 e. The van der Waals surface area contributed by atoms with Crippen molar-refractivity contribution in [3.8, 4) is 11.5 Å². The molecule has 2 aromatic heterocycles. The maximum atomic E-state index is 11.3. The molecule has 0 N–H and O–H groups in total. The van der Waals surface area contributed by atoms with Crippen LogP contribution in [0.25, 0.3) is 11.5 Å². The number of esters is 1. The number of pyridine rings is 1. The van der Waals surface area contributed by atoms with Crippen molar-refractivity contribution in [2.24, 2.45) is 0 Å². The molecule has 6 heteroatoms. The number of carbonyl (C=O) groups excluding carboxylic acids is 1. The zero-order chi connectivity index (χ0) is 13.7. The molecule has 0 atom stereocenters. The Balaban J connectivity index is 2.19. The fourth-order valence-electron chi connectivity index (χ4n) is 1.68. The SMILES string of the molecule is CCOC(=O)Cc1nc(-c2ncccc2CC)no1. The zero-order valence-corrected chi connectivity index (χ0v) is 10.9. The van der Waals surface area contributed by atoms with E-state index in [9.17, 15) is 4.79 Å². The third-order valence-electron chi connectivity index (χ3n) is 2.55. The molecular weight excluding hydrogens is 246 g/mol. The molecule has 6 nitrogen and oxygen atoms in total. The van der Waals surface area contributed by atoms with Crippen molar-refractivity contribution in [1.29, 1.82) is 0 Å². The number of carbonyl (C=O) groups is 1. The Morgan fingerprint density at radius 2 is 2.26 bits per heavy atom. The van der Waals surface area contributed by atoms with Crippen LogP contribution in [0.2, 0.25) is 0 Å². The van der Waals surface area contributed by atoms with E-state index in [2.05, 4.69) is 15.1 Å². The lowest BCUT2D eigenvalue weighted by Crippen LogP contribution is -2.07. The molecule has 0 amide bonds. The number of aromatic nitrogens is 3. The first-order valence-corrected chi connectivity index (χ1v) is 6.17. The second kappa shape index (κ2) is 6.08. The number of hydrogen-bond acceptors (Lipinski definition) is 6. The standard InChI is InChI=1S/C13H15N3O3/c1-3-9-6-5-7-14-12(9)13-15-10(19-16-13)8-11(17)18-4-2/h5-7H,3-4,8H2,1-2H3. The highest BCUT2D eigenvalue weighted by molar-refractivity contribution is 5.71. The minimum atomic E-state index is -0.380. The molecule has 0 radical (unpaired) electrons. The van der Waals surface area contributed by atoms with Gasteiger partial charge in [-0.05, 0) is 25.0 Å². The number of hydrogen-bond donors (Lipinski definition) is 0. The molecule has 0 bridgehead atoms. The van der Waals surface area contributed by atoms with Gasteiger partial charge in [0.15, 0.2) is 0 Å². The molecule has 0 fully saturated rings. The molecule has 0 aliphatic carbocycles. The van der Waals surface area contributed by atoms with Crippen molar-refractivity contribution in [1.82, 2.24) is 15.1 Å². The first-order valence-electron chi connectivity index (χ1n) is 6.17. The van der Waals surface area contributed by atoms with Crippen LogP contribution in [0.4, 0.5) is 0 Å². The third kappa shape index (κ3) is 3.15. The zero-order valence-electron chi connectivity index (χ0n) is 10.9. The van der Waals surface area contributed by atoms with Crippen LogP contribution in [-0.4, -0.2) is 27.7 Å². The third-order valence-corrected chi connectivity index (χ3v) is 2.55. The lowest BCUT2D eigenvalue weighted by Gasteiger charge is -2.00. The fourth-order valence-corrected chi connectivity index (χ4v) is 1.68. The first-order chi connectivity index (χ1) is 9.24. The second-order valence-electron chi connectivity index (χ2n) is 3.86. The highest BCUT2D eigenvalue weighted by atomic mass is 16.5. The van der Waals surface area contributed by atoms with Crippen molar-refractivity contribution in [3.05, 3.63) is 29.8 Å². The number of ether oxygens (including phenoxy) is 1. The summed E-state index contributed by atoms with van der Waals surface area (Å²) in [5.41, 5.74) is 1.72. The van der Waals surface area contributed by atoms with Gasteiger partial charge < -0.3 is 9.26 Å². The Hall–Kier alpha value is -2.24. The van der Waals surface area contributed by atoms with Crippen molar-refractivity contribution < 1.29 is 14.1 Å². The van der Waals surface area contributed by atoms with Gasteiger partial charge in [-0.25, -0.2) is 0 Å². The summed E-state index contributed by atoms with van der Waals surface area (Å²) in [4.78, 5) is 19.7. The Morgan fingerprint density at radius 1 is 1.42 bits per heavy atom. The number of rotatable bonds is 5. The molecule has 0 aliphatic heterocycles. The summed E-state index contributed by atoms with van der Waals surface area (Å²) in [7, 11) is 0. The van der Waals surface area contributed by atoms with E-state index in [0.29, 0.717) is 18.1 Å². The molecule has 0 saturated carbocycles. The lowest BCUT2D eigenvalue weighted by atomic mass is 10.1. The summed E-state index contributed by atoms with van der Waals surface area (Å²) in [5, 5.41) is 3.85. The molecule has 0 saturated heterocycles. The van der Waals surface area contributed by atoms with Crippen LogP contribution in [0.1, 0.15) is 25.3 Å². The number of aryl methyl sites for hydroxylation is 1. The van der Waals surface area contributed by atoms with Gasteiger partial charge in [0, 0.05) is 6.20 Å². The van der Waals surface area contributed by atoms with E-state index < -0.39 is 0 Å². The van der Waals surface area contributed by atoms with Crippen LogP contribution in [0.3, 0.4) is 0 Å². The first kappa shape index (κ1) is 13.2. The van der Waals surface area contributed by atoms with Gasteiger partial charge in [0.25, 0.3) is 0 Å². The van der Waals surface area contributed by atoms with E-state index in [1.54, 1.807) is 13.1 Å². The lowest BCUT2D eigenvalue weighted by molar-refractivity contribution is -0.142. The summed E-state index contributed by atoms with van der Waals surface area (Å²) in [5.74, 6) is 0.257. The molecule has 0 unspecified atom stereocenters. The van der Waals surface area contributed by atoms with Crippen LogP contribution in [0.15, 0.2) is 22.9 Å². The topological polar surface area (TPSA) is 78.1 Å². The molecule has 2 heterocycles. The predicted molar refractivity (Wildman–Crippen MR) is 67.2 cm³/mol. The van der Waals surface area contributed by atoms with E-state index in [1.807, 2.05) is 19.1 Å². The minimum absolute atomic E-state index is 0.0187. The van der Waals surface area contributed by atoms with E-state index in [0.717, 1.165) is 12.0 Å². The smallest absolute Gasteiger partial charge is 0.315 e. The molecular formula is C13H15N3O3. The van der Waals surface area contributed by atoms with Gasteiger partial charge in [-0.15, -0.1) is 0 Å². The van der Waals surface area contributed by atoms with Gasteiger partial charge in [0.2, 0.25) is 11.7 Å². The molecule has 2 aromatic rings. The van der Waals surface area contributed by atoms with Gasteiger partial charge >= 0.3 is 5.97 Å². The highest BCUT2D eigenvalue weighted by Crippen LogP contribution is 2.18. The maximum Gasteiger partial charge on any atom is 0.315 e. The Labute approximate surface area is 110 Å². The van der Waals surface area contributed by atoms with Gasteiger partial charge in [-0.3, -0.25) is 9.78 Å². The van der Waals surface area contributed by atoms with Crippen LogP contribution in [-0.2, 0) is 22.4 Å². The van der Waals surface area contributed by atoms with Crippen molar-refractivity contribution in [2.75, 3.05) is 6.61 Å². The maximum absolute atomic E-state index is 11.3. The summed E-state index contributed by atoms with van der Waals surface area (Å²) < 4.78 is 9.86. The summed E-state index contributed by atoms with van der Waals surface area (Å²) in [6, 6.07) is 3.83. The molecule has 0 aromatic carbocycles. The molecule has 0 aliphatic rings. The number of nitrogens with zero attached hydrogens (tertiary/aromatic N) is 3. The highest BCUT2D eigenvalue weighted by Gasteiger charge is 2.15.